The van der Waals surface area contributed by atoms with Crippen LogP contribution in [0.2, 0.25) is 5.02 Å². The van der Waals surface area contributed by atoms with Crippen LogP contribution in [0, 0.1) is 5.92 Å². The molecule has 0 saturated heterocycles. The molecule has 3 atom stereocenters. The molecule has 3 nitrogen and oxygen atoms in total. The number of hydrogen-bond acceptors (Lipinski definition) is 3. The quantitative estimate of drug-likeness (QED) is 0.622. The van der Waals surface area contributed by atoms with E-state index in [1.807, 2.05) is 12.1 Å². The summed E-state index contributed by atoms with van der Waals surface area (Å²) in [5, 5.41) is 0.766. The van der Waals surface area contributed by atoms with Crippen LogP contribution in [-0.2, 0) is 11.2 Å². The largest absolute Gasteiger partial charge is 0.374 e. The third-order valence-corrected chi connectivity index (χ3v) is 4.86. The standard InChI is InChI=1S/C17H27ClN2O/c1-3-21-17(10-4-5-13(2)12-17)16(20-19)11-14-6-8-15(18)9-7-14/h6-9,13,16,20H,3-5,10-12,19H2,1-2H3. The highest BCUT2D eigenvalue weighted by atomic mass is 35.5. The van der Waals surface area contributed by atoms with E-state index in [9.17, 15) is 0 Å². The average molecular weight is 311 g/mol. The molecule has 118 valence electrons. The normalized spacial score (nSPS) is 27.5. The van der Waals surface area contributed by atoms with Crippen molar-refractivity contribution in [2.45, 2.75) is 57.6 Å². The summed E-state index contributed by atoms with van der Waals surface area (Å²) >= 11 is 5.96. The Bertz CT molecular complexity index is 433. The van der Waals surface area contributed by atoms with Gasteiger partial charge in [-0.3, -0.25) is 11.3 Å². The van der Waals surface area contributed by atoms with Crippen LogP contribution in [0.15, 0.2) is 24.3 Å². The van der Waals surface area contributed by atoms with E-state index in [2.05, 4.69) is 31.4 Å². The van der Waals surface area contributed by atoms with Gasteiger partial charge >= 0.3 is 0 Å². The van der Waals surface area contributed by atoms with E-state index in [0.29, 0.717) is 5.92 Å². The first-order valence-electron chi connectivity index (χ1n) is 7.94. The molecule has 1 aromatic carbocycles. The molecule has 1 saturated carbocycles. The second kappa shape index (κ2) is 7.59. The zero-order valence-electron chi connectivity index (χ0n) is 13.1. The van der Waals surface area contributed by atoms with Crippen molar-refractivity contribution in [1.29, 1.82) is 0 Å². The van der Waals surface area contributed by atoms with Crippen LogP contribution in [0.4, 0.5) is 0 Å². The number of halogens is 1. The monoisotopic (exact) mass is 310 g/mol. The molecule has 3 unspecified atom stereocenters. The molecule has 1 aliphatic carbocycles. The maximum Gasteiger partial charge on any atom is 0.0853 e. The smallest absolute Gasteiger partial charge is 0.0853 e. The van der Waals surface area contributed by atoms with Crippen molar-refractivity contribution in [2.24, 2.45) is 11.8 Å². The first-order chi connectivity index (χ1) is 10.1. The van der Waals surface area contributed by atoms with Gasteiger partial charge in [0.1, 0.15) is 0 Å². The van der Waals surface area contributed by atoms with Gasteiger partial charge in [0.05, 0.1) is 11.6 Å². The Morgan fingerprint density at radius 3 is 2.71 bits per heavy atom. The first-order valence-corrected chi connectivity index (χ1v) is 8.32. The van der Waals surface area contributed by atoms with E-state index < -0.39 is 0 Å². The molecule has 0 aromatic heterocycles. The summed E-state index contributed by atoms with van der Waals surface area (Å²) in [6, 6.07) is 8.13. The van der Waals surface area contributed by atoms with Gasteiger partial charge in [0.15, 0.2) is 0 Å². The highest BCUT2D eigenvalue weighted by molar-refractivity contribution is 6.30. The summed E-state index contributed by atoms with van der Waals surface area (Å²) in [6.45, 7) is 5.10. The Hall–Kier alpha value is -0.610. The lowest BCUT2D eigenvalue weighted by Crippen LogP contribution is -2.57. The van der Waals surface area contributed by atoms with E-state index in [1.54, 1.807) is 0 Å². The fourth-order valence-electron chi connectivity index (χ4n) is 3.63. The molecular weight excluding hydrogens is 284 g/mol. The van der Waals surface area contributed by atoms with E-state index in [1.165, 1.54) is 18.4 Å². The predicted molar refractivity (Wildman–Crippen MR) is 88.3 cm³/mol. The van der Waals surface area contributed by atoms with E-state index in [0.717, 1.165) is 30.9 Å². The Labute approximate surface area is 133 Å². The summed E-state index contributed by atoms with van der Waals surface area (Å²) in [4.78, 5) is 0. The van der Waals surface area contributed by atoms with Crippen LogP contribution in [0.5, 0.6) is 0 Å². The molecule has 4 heteroatoms. The van der Waals surface area contributed by atoms with E-state index >= 15 is 0 Å². The van der Waals surface area contributed by atoms with E-state index in [4.69, 9.17) is 22.2 Å². The SMILES string of the molecule is CCOC1(C(Cc2ccc(Cl)cc2)NN)CCCC(C)C1. The number of ether oxygens (including phenoxy) is 1. The molecule has 0 radical (unpaired) electrons. The molecule has 3 N–H and O–H groups in total. The fourth-order valence-corrected chi connectivity index (χ4v) is 3.76. The number of nitrogens with two attached hydrogens (primary N) is 1. The van der Waals surface area contributed by atoms with Gasteiger partial charge in [-0.2, -0.15) is 0 Å². The highest BCUT2D eigenvalue weighted by Gasteiger charge is 2.42. The average Bonchev–Trinajstić information content (AvgIpc) is 2.47. The van der Waals surface area contributed by atoms with Gasteiger partial charge in [-0.1, -0.05) is 43.5 Å². The number of nitrogens with one attached hydrogen (secondary N) is 1. The van der Waals surface area contributed by atoms with Crippen molar-refractivity contribution in [1.82, 2.24) is 5.43 Å². The molecule has 0 bridgehead atoms. The molecule has 1 fully saturated rings. The molecule has 0 heterocycles. The fraction of sp³-hybridized carbons (Fsp3) is 0.647. The van der Waals surface area contributed by atoms with Crippen LogP contribution >= 0.6 is 11.6 Å². The summed E-state index contributed by atoms with van der Waals surface area (Å²) in [5.41, 5.74) is 4.11. The summed E-state index contributed by atoms with van der Waals surface area (Å²) in [7, 11) is 0. The minimum Gasteiger partial charge on any atom is -0.374 e. The van der Waals surface area contributed by atoms with Gasteiger partial charge in [-0.05, 0) is 49.8 Å². The molecule has 1 aromatic rings. The van der Waals surface area contributed by atoms with Crippen molar-refractivity contribution in [3.8, 4) is 0 Å². The lowest BCUT2D eigenvalue weighted by atomic mass is 9.73. The highest BCUT2D eigenvalue weighted by Crippen LogP contribution is 2.38. The van der Waals surface area contributed by atoms with Crippen molar-refractivity contribution >= 4 is 11.6 Å². The molecule has 21 heavy (non-hydrogen) atoms. The maximum absolute atomic E-state index is 6.22. The third kappa shape index (κ3) is 4.19. The maximum atomic E-state index is 6.22. The van der Waals surface area contributed by atoms with Crippen molar-refractivity contribution in [3.05, 3.63) is 34.9 Å². The Morgan fingerprint density at radius 2 is 2.14 bits per heavy atom. The van der Waals surface area contributed by atoms with Crippen molar-refractivity contribution < 1.29 is 4.74 Å². The molecule has 2 rings (SSSR count). The van der Waals surface area contributed by atoms with Crippen LogP contribution in [-0.4, -0.2) is 18.2 Å². The first kappa shape index (κ1) is 16.8. The van der Waals surface area contributed by atoms with Gasteiger partial charge in [0.25, 0.3) is 0 Å². The second-order valence-electron chi connectivity index (χ2n) is 6.25. The predicted octanol–water partition coefficient (Wildman–Crippen LogP) is 3.70. The summed E-state index contributed by atoms with van der Waals surface area (Å²) in [6.07, 6.45) is 5.50. The zero-order valence-corrected chi connectivity index (χ0v) is 13.8. The summed E-state index contributed by atoms with van der Waals surface area (Å²) < 4.78 is 6.22. The van der Waals surface area contributed by atoms with Gasteiger partial charge in [0, 0.05) is 11.6 Å². The number of hydrogen-bond donors (Lipinski definition) is 2. The minimum atomic E-state index is -0.152. The number of benzene rings is 1. The Kier molecular flexibility index (Phi) is 6.06. The van der Waals surface area contributed by atoms with Crippen LogP contribution in [0.1, 0.15) is 45.1 Å². The van der Waals surface area contributed by atoms with Crippen LogP contribution < -0.4 is 11.3 Å². The van der Waals surface area contributed by atoms with Gasteiger partial charge in [-0.15, -0.1) is 0 Å². The van der Waals surface area contributed by atoms with Crippen molar-refractivity contribution in [2.75, 3.05) is 6.61 Å². The van der Waals surface area contributed by atoms with Crippen LogP contribution in [0.3, 0.4) is 0 Å². The molecule has 1 aliphatic rings. The molecule has 0 amide bonds. The Balaban J connectivity index is 2.17. The third-order valence-electron chi connectivity index (χ3n) is 4.61. The van der Waals surface area contributed by atoms with Crippen molar-refractivity contribution in [3.63, 3.8) is 0 Å². The molecule has 0 spiro atoms. The van der Waals surface area contributed by atoms with E-state index in [-0.39, 0.29) is 11.6 Å². The summed E-state index contributed by atoms with van der Waals surface area (Å²) in [5.74, 6) is 6.57. The number of hydrazine groups is 1. The topological polar surface area (TPSA) is 47.3 Å². The number of rotatable bonds is 6. The van der Waals surface area contributed by atoms with Gasteiger partial charge in [0.2, 0.25) is 0 Å². The Morgan fingerprint density at radius 1 is 1.43 bits per heavy atom. The zero-order chi connectivity index (χ0) is 15.3. The molecule has 0 aliphatic heterocycles. The lowest BCUT2D eigenvalue weighted by molar-refractivity contribution is -0.100. The minimum absolute atomic E-state index is 0.126. The van der Waals surface area contributed by atoms with Gasteiger partial charge < -0.3 is 4.74 Å². The van der Waals surface area contributed by atoms with Gasteiger partial charge in [-0.25, -0.2) is 0 Å². The lowest BCUT2D eigenvalue weighted by Gasteiger charge is -2.45. The van der Waals surface area contributed by atoms with Crippen LogP contribution in [0.25, 0.3) is 0 Å². The molecular formula is C17H27ClN2O. The second-order valence-corrected chi connectivity index (χ2v) is 6.69.